The summed E-state index contributed by atoms with van der Waals surface area (Å²) in [5.74, 6) is 0. The van der Waals surface area contributed by atoms with E-state index in [0.717, 1.165) is 13.0 Å². The van der Waals surface area contributed by atoms with Crippen LogP contribution < -0.4 is 0 Å². The van der Waals surface area contributed by atoms with E-state index in [1.165, 1.54) is 70.0 Å². The third-order valence-corrected chi connectivity index (χ3v) is 6.25. The fraction of sp³-hybridized carbons (Fsp3) is 0.818. The molecule has 2 aliphatic carbocycles. The van der Waals surface area contributed by atoms with Gasteiger partial charge in [-0.3, -0.25) is 0 Å². The van der Waals surface area contributed by atoms with Crippen LogP contribution >= 0.6 is 23.2 Å². The first kappa shape index (κ1) is 24.0. The third-order valence-electron chi connectivity index (χ3n) is 5.20. The summed E-state index contributed by atoms with van der Waals surface area (Å²) in [4.78, 5) is 4.09. The highest BCUT2D eigenvalue weighted by Crippen LogP contribution is 2.32. The van der Waals surface area contributed by atoms with Gasteiger partial charge in [-0.25, -0.2) is 0 Å². The van der Waals surface area contributed by atoms with E-state index >= 15 is 0 Å². The van der Waals surface area contributed by atoms with Gasteiger partial charge < -0.3 is 9.80 Å². The number of hydrogen-bond donors (Lipinski definition) is 0. The lowest BCUT2D eigenvalue weighted by Crippen LogP contribution is -2.28. The summed E-state index contributed by atoms with van der Waals surface area (Å²) in [6, 6.07) is 0. The van der Waals surface area contributed by atoms with Crippen molar-refractivity contribution in [2.45, 2.75) is 75.0 Å². The summed E-state index contributed by atoms with van der Waals surface area (Å²) in [5.41, 5.74) is 1.27. The molecule has 0 spiro atoms. The predicted octanol–water partition coefficient (Wildman–Crippen LogP) is 6.09. The minimum atomic E-state index is -0.427. The van der Waals surface area contributed by atoms with E-state index in [1.54, 1.807) is 0 Å². The smallest absolute Gasteiger partial charge is 0.0799 e. The molecule has 0 amide bonds. The maximum atomic E-state index is 6.18. The lowest BCUT2D eigenvalue weighted by Gasteiger charge is -2.26. The van der Waals surface area contributed by atoms with E-state index in [0.29, 0.717) is 0 Å². The average molecular weight is 403 g/mol. The van der Waals surface area contributed by atoms with E-state index in [9.17, 15) is 0 Å². The van der Waals surface area contributed by atoms with Crippen molar-refractivity contribution in [1.29, 1.82) is 0 Å². The number of rotatable bonds is 3. The molecule has 1 aliphatic heterocycles. The summed E-state index contributed by atoms with van der Waals surface area (Å²) in [6.07, 6.45) is 19.0. The van der Waals surface area contributed by atoms with Gasteiger partial charge in [-0.2, -0.15) is 0 Å². The number of alkyl halides is 2. The van der Waals surface area contributed by atoms with E-state index in [-0.39, 0.29) is 5.38 Å². The Bertz CT molecular complexity index is 408. The van der Waals surface area contributed by atoms with Crippen molar-refractivity contribution in [2.75, 3.05) is 40.8 Å². The van der Waals surface area contributed by atoms with Gasteiger partial charge in [0.15, 0.2) is 0 Å². The number of nitrogens with zero attached hydrogens (tertiary/aromatic N) is 2. The zero-order valence-corrected chi connectivity index (χ0v) is 19.0. The van der Waals surface area contributed by atoms with Crippen LogP contribution in [0.2, 0.25) is 0 Å². The number of hydrogen-bond acceptors (Lipinski definition) is 2. The molecule has 0 aromatic rings. The van der Waals surface area contributed by atoms with Crippen molar-refractivity contribution >= 4 is 23.2 Å². The van der Waals surface area contributed by atoms with Crippen molar-refractivity contribution in [2.24, 2.45) is 0 Å². The minimum absolute atomic E-state index is 0.105. The first-order chi connectivity index (χ1) is 12.3. The molecule has 0 aromatic heterocycles. The molecule has 2 nitrogen and oxygen atoms in total. The molecule has 152 valence electrons. The van der Waals surface area contributed by atoms with Gasteiger partial charge in [-0.15, -0.1) is 23.2 Å². The molecule has 0 N–H and O–H groups in total. The SMILES string of the molecule is C1CCCCC1.CN(C)CCC1=CC(Cl)C(C)(Cl)C=C1.CN1CCCC1. The molecule has 1 heterocycles. The van der Waals surface area contributed by atoms with Crippen molar-refractivity contribution in [1.82, 2.24) is 9.80 Å². The second-order valence-corrected chi connectivity index (χ2v) is 9.60. The summed E-state index contributed by atoms with van der Waals surface area (Å²) >= 11 is 12.3. The van der Waals surface area contributed by atoms with Crippen molar-refractivity contribution < 1.29 is 0 Å². The molecule has 4 heteroatoms. The molecule has 1 saturated carbocycles. The summed E-state index contributed by atoms with van der Waals surface area (Å²) in [7, 11) is 6.31. The zero-order chi connectivity index (χ0) is 19.4. The van der Waals surface area contributed by atoms with Gasteiger partial charge in [-0.05, 0) is 66.0 Å². The summed E-state index contributed by atoms with van der Waals surface area (Å²) in [6.45, 7) is 5.61. The fourth-order valence-corrected chi connectivity index (χ4v) is 3.58. The molecular weight excluding hydrogens is 363 g/mol. The molecule has 0 radical (unpaired) electrons. The molecule has 0 bridgehead atoms. The monoisotopic (exact) mass is 402 g/mol. The molecule has 2 fully saturated rings. The lowest BCUT2D eigenvalue weighted by atomic mass is 9.95. The minimum Gasteiger partial charge on any atom is -0.309 e. The van der Waals surface area contributed by atoms with Crippen molar-refractivity contribution in [3.63, 3.8) is 0 Å². The van der Waals surface area contributed by atoms with E-state index in [2.05, 4.69) is 43.1 Å². The first-order valence-corrected chi connectivity index (χ1v) is 11.2. The quantitative estimate of drug-likeness (QED) is 0.526. The van der Waals surface area contributed by atoms with Crippen LogP contribution in [-0.4, -0.2) is 60.8 Å². The highest BCUT2D eigenvalue weighted by Gasteiger charge is 2.28. The molecule has 1 saturated heterocycles. The van der Waals surface area contributed by atoms with Crippen molar-refractivity contribution in [3.05, 3.63) is 23.8 Å². The van der Waals surface area contributed by atoms with Crippen molar-refractivity contribution in [3.8, 4) is 0 Å². The molecule has 26 heavy (non-hydrogen) atoms. The Labute approximate surface area is 172 Å². The van der Waals surface area contributed by atoms with Gasteiger partial charge in [0, 0.05) is 6.54 Å². The largest absolute Gasteiger partial charge is 0.309 e. The van der Waals surface area contributed by atoms with E-state index in [1.807, 2.05) is 13.0 Å². The third kappa shape index (κ3) is 11.0. The van der Waals surface area contributed by atoms with E-state index in [4.69, 9.17) is 23.2 Å². The number of halogens is 2. The Morgan fingerprint density at radius 2 is 1.54 bits per heavy atom. The Morgan fingerprint density at radius 1 is 1.04 bits per heavy atom. The zero-order valence-electron chi connectivity index (χ0n) is 17.4. The van der Waals surface area contributed by atoms with Crippen LogP contribution in [-0.2, 0) is 0 Å². The molecule has 2 unspecified atom stereocenters. The maximum absolute atomic E-state index is 6.18. The van der Waals surface area contributed by atoms with Gasteiger partial charge in [0.2, 0.25) is 0 Å². The topological polar surface area (TPSA) is 6.48 Å². The summed E-state index contributed by atoms with van der Waals surface area (Å²) in [5, 5.41) is -0.105. The normalized spacial score (nSPS) is 28.7. The maximum Gasteiger partial charge on any atom is 0.0799 e. The van der Waals surface area contributed by atoms with Crippen LogP contribution in [0.1, 0.15) is 64.7 Å². The molecule has 3 aliphatic rings. The standard InChI is InChI=1S/C11H17Cl2N.C6H12.C5H11N/c1-11(13)6-4-9(8-10(11)12)5-7-14(2)3;1-2-4-6-5-3-1;1-6-4-2-3-5-6/h4,6,8,10H,5,7H2,1-3H3;1-6H2;2-5H2,1H3. The van der Waals surface area contributed by atoms with Crippen LogP contribution in [0.3, 0.4) is 0 Å². The number of allylic oxidation sites excluding steroid dienone is 3. The molecule has 2 atom stereocenters. The van der Waals surface area contributed by atoms with Crippen LogP contribution in [0.4, 0.5) is 0 Å². The van der Waals surface area contributed by atoms with Crippen LogP contribution in [0.25, 0.3) is 0 Å². The van der Waals surface area contributed by atoms with Crippen LogP contribution in [0.15, 0.2) is 23.8 Å². The second kappa shape index (κ2) is 13.2. The number of likely N-dealkylation sites (tertiary alicyclic amines) is 1. The fourth-order valence-electron chi connectivity index (χ4n) is 3.22. The molecule has 0 aromatic carbocycles. The van der Waals surface area contributed by atoms with Gasteiger partial charge in [-0.1, -0.05) is 56.8 Å². The Hall–Kier alpha value is -0.0200. The molecule has 3 rings (SSSR count). The summed E-state index contributed by atoms with van der Waals surface area (Å²) < 4.78 is 0. The average Bonchev–Trinajstić information content (AvgIpc) is 3.10. The Balaban J connectivity index is 0.000000230. The highest BCUT2D eigenvalue weighted by molar-refractivity contribution is 6.34. The van der Waals surface area contributed by atoms with Crippen LogP contribution in [0.5, 0.6) is 0 Å². The molecular formula is C22H40Cl2N2. The Kier molecular flexibility index (Phi) is 12.2. The first-order valence-electron chi connectivity index (χ1n) is 10.4. The predicted molar refractivity (Wildman–Crippen MR) is 119 cm³/mol. The van der Waals surface area contributed by atoms with Gasteiger partial charge in [0.25, 0.3) is 0 Å². The van der Waals surface area contributed by atoms with Gasteiger partial charge >= 0.3 is 0 Å². The van der Waals surface area contributed by atoms with Gasteiger partial charge in [0.1, 0.15) is 0 Å². The van der Waals surface area contributed by atoms with Crippen LogP contribution in [0, 0.1) is 0 Å². The highest BCUT2D eigenvalue weighted by atomic mass is 35.5. The second-order valence-electron chi connectivity index (χ2n) is 8.31. The van der Waals surface area contributed by atoms with E-state index < -0.39 is 4.87 Å². The Morgan fingerprint density at radius 3 is 1.88 bits per heavy atom. The lowest BCUT2D eigenvalue weighted by molar-refractivity contribution is 0.414. The van der Waals surface area contributed by atoms with Gasteiger partial charge in [0.05, 0.1) is 10.3 Å².